The lowest BCUT2D eigenvalue weighted by atomic mass is 10.2. The molecule has 0 N–H and O–H groups in total. The summed E-state index contributed by atoms with van der Waals surface area (Å²) in [7, 11) is 3.30. The molecule has 0 fully saturated rings. The molecule has 0 bridgehead atoms. The Morgan fingerprint density at radius 3 is 2.70 bits per heavy atom. The first-order valence-electron chi connectivity index (χ1n) is 9.04. The predicted molar refractivity (Wildman–Crippen MR) is 104 cm³/mol. The molecule has 0 aliphatic carbocycles. The number of benzene rings is 1. The SMILES string of the molecule is COc1cccc(N2CCn3c2nc2c3c(=O)n(CC(C)C)c(=O)n2C)c1. The molecule has 0 radical (unpaired) electrons. The van der Waals surface area contributed by atoms with Crippen LogP contribution < -0.4 is 20.9 Å². The summed E-state index contributed by atoms with van der Waals surface area (Å²) in [5.41, 5.74) is 1.25. The third-order valence-corrected chi connectivity index (χ3v) is 4.91. The number of ether oxygens (including phenoxy) is 1. The summed E-state index contributed by atoms with van der Waals surface area (Å²) < 4.78 is 10.0. The zero-order valence-electron chi connectivity index (χ0n) is 16.0. The molecular formula is C19H23N5O3. The topological polar surface area (TPSA) is 74.3 Å². The van der Waals surface area contributed by atoms with E-state index in [1.165, 1.54) is 9.13 Å². The lowest BCUT2D eigenvalue weighted by Crippen LogP contribution is -2.40. The van der Waals surface area contributed by atoms with Gasteiger partial charge in [0.25, 0.3) is 5.56 Å². The summed E-state index contributed by atoms with van der Waals surface area (Å²) in [5.74, 6) is 1.63. The molecule has 142 valence electrons. The fraction of sp³-hybridized carbons (Fsp3) is 0.421. The van der Waals surface area contributed by atoms with Gasteiger partial charge in [0.1, 0.15) is 5.75 Å². The third kappa shape index (κ3) is 2.63. The minimum absolute atomic E-state index is 0.196. The van der Waals surface area contributed by atoms with Gasteiger partial charge in [0.2, 0.25) is 5.95 Å². The van der Waals surface area contributed by atoms with Gasteiger partial charge in [-0.15, -0.1) is 0 Å². The van der Waals surface area contributed by atoms with Gasteiger partial charge in [-0.1, -0.05) is 19.9 Å². The second-order valence-corrected chi connectivity index (χ2v) is 7.24. The molecule has 0 unspecified atom stereocenters. The van der Waals surface area contributed by atoms with Crippen molar-refractivity contribution in [3.63, 3.8) is 0 Å². The highest BCUT2D eigenvalue weighted by Crippen LogP contribution is 2.33. The zero-order valence-corrected chi connectivity index (χ0v) is 16.0. The van der Waals surface area contributed by atoms with Gasteiger partial charge in [0.15, 0.2) is 11.2 Å². The molecule has 3 aromatic rings. The first-order valence-corrected chi connectivity index (χ1v) is 9.04. The van der Waals surface area contributed by atoms with E-state index in [1.807, 2.05) is 47.6 Å². The van der Waals surface area contributed by atoms with Crippen LogP contribution >= 0.6 is 0 Å². The van der Waals surface area contributed by atoms with E-state index in [4.69, 9.17) is 4.74 Å². The van der Waals surface area contributed by atoms with E-state index >= 15 is 0 Å². The van der Waals surface area contributed by atoms with Gasteiger partial charge in [-0.25, -0.2) is 4.79 Å². The van der Waals surface area contributed by atoms with E-state index in [2.05, 4.69) is 4.98 Å². The number of aryl methyl sites for hydroxylation is 1. The van der Waals surface area contributed by atoms with Gasteiger partial charge >= 0.3 is 5.69 Å². The molecule has 0 saturated heterocycles. The van der Waals surface area contributed by atoms with Crippen LogP contribution in [0.1, 0.15) is 13.8 Å². The predicted octanol–water partition coefficient (Wildman–Crippen LogP) is 1.71. The maximum absolute atomic E-state index is 13.1. The summed E-state index contributed by atoms with van der Waals surface area (Å²) in [6, 6.07) is 7.72. The van der Waals surface area contributed by atoms with Gasteiger partial charge in [0.05, 0.1) is 7.11 Å². The van der Waals surface area contributed by atoms with Crippen LogP contribution in [0.25, 0.3) is 11.2 Å². The summed E-state index contributed by atoms with van der Waals surface area (Å²) in [6.07, 6.45) is 0. The van der Waals surface area contributed by atoms with E-state index < -0.39 is 0 Å². The van der Waals surface area contributed by atoms with E-state index in [9.17, 15) is 9.59 Å². The normalized spacial score (nSPS) is 13.6. The number of hydrogen-bond donors (Lipinski definition) is 0. The molecular weight excluding hydrogens is 346 g/mol. The molecule has 0 saturated carbocycles. The van der Waals surface area contributed by atoms with E-state index in [0.29, 0.717) is 36.7 Å². The summed E-state index contributed by atoms with van der Waals surface area (Å²) in [5, 5.41) is 0. The van der Waals surface area contributed by atoms with Crippen molar-refractivity contribution in [1.29, 1.82) is 0 Å². The molecule has 1 aliphatic rings. The van der Waals surface area contributed by atoms with E-state index in [0.717, 1.165) is 11.4 Å². The Morgan fingerprint density at radius 2 is 2.00 bits per heavy atom. The molecule has 0 spiro atoms. The summed E-state index contributed by atoms with van der Waals surface area (Å²) in [4.78, 5) is 32.4. The zero-order chi connectivity index (χ0) is 19.3. The molecule has 8 nitrogen and oxygen atoms in total. The molecule has 1 aliphatic heterocycles. The van der Waals surface area contributed by atoms with Crippen molar-refractivity contribution in [2.75, 3.05) is 18.6 Å². The smallest absolute Gasteiger partial charge is 0.332 e. The second-order valence-electron chi connectivity index (χ2n) is 7.24. The maximum Gasteiger partial charge on any atom is 0.332 e. The second kappa shape index (κ2) is 6.29. The first kappa shape index (κ1) is 17.4. The highest BCUT2D eigenvalue weighted by molar-refractivity contribution is 5.77. The fourth-order valence-corrected chi connectivity index (χ4v) is 3.63. The number of methoxy groups -OCH3 is 1. The van der Waals surface area contributed by atoms with Crippen molar-refractivity contribution in [2.24, 2.45) is 13.0 Å². The Labute approximate surface area is 156 Å². The van der Waals surface area contributed by atoms with Gasteiger partial charge in [-0.2, -0.15) is 4.98 Å². The van der Waals surface area contributed by atoms with Gasteiger partial charge < -0.3 is 14.2 Å². The molecule has 0 atom stereocenters. The number of hydrogen-bond acceptors (Lipinski definition) is 5. The van der Waals surface area contributed by atoms with Gasteiger partial charge in [0, 0.05) is 38.4 Å². The molecule has 2 aromatic heterocycles. The van der Waals surface area contributed by atoms with Crippen molar-refractivity contribution < 1.29 is 4.74 Å². The molecule has 1 aromatic carbocycles. The molecule has 8 heteroatoms. The van der Waals surface area contributed by atoms with Crippen LogP contribution in [0.4, 0.5) is 11.6 Å². The van der Waals surface area contributed by atoms with Crippen LogP contribution in [-0.4, -0.2) is 32.3 Å². The number of fused-ring (bicyclic) bond motifs is 3. The number of imidazole rings is 1. The number of anilines is 2. The van der Waals surface area contributed by atoms with Gasteiger partial charge in [-0.05, 0) is 18.1 Å². The quantitative estimate of drug-likeness (QED) is 0.700. The van der Waals surface area contributed by atoms with Crippen molar-refractivity contribution in [3.8, 4) is 5.75 Å². The monoisotopic (exact) mass is 369 g/mol. The van der Waals surface area contributed by atoms with Crippen LogP contribution in [0.2, 0.25) is 0 Å². The van der Waals surface area contributed by atoms with Crippen LogP contribution in [0.3, 0.4) is 0 Å². The van der Waals surface area contributed by atoms with Crippen molar-refractivity contribution >= 4 is 22.8 Å². The number of rotatable bonds is 4. The molecule has 27 heavy (non-hydrogen) atoms. The largest absolute Gasteiger partial charge is 0.497 e. The van der Waals surface area contributed by atoms with Crippen LogP contribution in [-0.2, 0) is 20.1 Å². The van der Waals surface area contributed by atoms with Gasteiger partial charge in [-0.3, -0.25) is 13.9 Å². The van der Waals surface area contributed by atoms with Crippen LogP contribution in [0, 0.1) is 5.92 Å². The van der Waals surface area contributed by atoms with Crippen molar-refractivity contribution in [3.05, 3.63) is 45.1 Å². The van der Waals surface area contributed by atoms with E-state index in [1.54, 1.807) is 14.2 Å². The highest BCUT2D eigenvalue weighted by atomic mass is 16.5. The Kier molecular flexibility index (Phi) is 4.05. The lowest BCUT2D eigenvalue weighted by Gasteiger charge is -2.16. The molecule has 4 rings (SSSR count). The molecule has 3 heterocycles. The summed E-state index contributed by atoms with van der Waals surface area (Å²) in [6.45, 7) is 5.71. The van der Waals surface area contributed by atoms with Crippen molar-refractivity contribution in [2.45, 2.75) is 26.9 Å². The Balaban J connectivity index is 1.92. The molecule has 0 amide bonds. The van der Waals surface area contributed by atoms with Crippen molar-refractivity contribution in [1.82, 2.24) is 18.7 Å². The third-order valence-electron chi connectivity index (χ3n) is 4.91. The summed E-state index contributed by atoms with van der Waals surface area (Å²) >= 11 is 0. The van der Waals surface area contributed by atoms with Crippen LogP contribution in [0.15, 0.2) is 33.9 Å². The Morgan fingerprint density at radius 1 is 1.22 bits per heavy atom. The lowest BCUT2D eigenvalue weighted by molar-refractivity contribution is 0.415. The average Bonchev–Trinajstić information content (AvgIpc) is 3.22. The minimum Gasteiger partial charge on any atom is -0.497 e. The highest BCUT2D eigenvalue weighted by Gasteiger charge is 2.28. The minimum atomic E-state index is -0.328. The maximum atomic E-state index is 13.1. The average molecular weight is 369 g/mol. The van der Waals surface area contributed by atoms with E-state index in [-0.39, 0.29) is 17.2 Å². The Bertz CT molecular complexity index is 1140. The first-order chi connectivity index (χ1) is 12.9. The number of nitrogens with zero attached hydrogens (tertiary/aromatic N) is 5. The number of aromatic nitrogens is 4. The van der Waals surface area contributed by atoms with Crippen LogP contribution in [0.5, 0.6) is 5.75 Å². The standard InChI is InChI=1S/C19H23N5O3/c1-12(2)11-24-17(25)15-16(21(3)19(24)26)20-18-22(8-9-23(15)18)13-6-5-7-14(10-13)27-4/h5-7,10,12H,8-9,11H2,1-4H3. The Hall–Kier alpha value is -3.03. The fourth-order valence-electron chi connectivity index (χ4n) is 3.63.